The Morgan fingerprint density at radius 2 is 2.21 bits per heavy atom. The summed E-state index contributed by atoms with van der Waals surface area (Å²) in [6, 6.07) is 7.34. The van der Waals surface area contributed by atoms with E-state index < -0.39 is 0 Å². The first kappa shape index (κ1) is 13.1. The number of rotatable bonds is 5. The molecule has 0 bridgehead atoms. The largest absolute Gasteiger partial charge is 0.381 e. The highest BCUT2D eigenvalue weighted by Gasteiger charge is 2.21. The molecule has 1 fully saturated rings. The molecular weight excluding hydrogens is 236 g/mol. The topological polar surface area (TPSA) is 47.3 Å². The predicted octanol–water partition coefficient (Wildman–Crippen LogP) is 1.98. The number of hydrogen-bond donors (Lipinski definition) is 2. The molecule has 1 aromatic rings. The van der Waals surface area contributed by atoms with E-state index in [4.69, 9.17) is 10.6 Å². The van der Waals surface area contributed by atoms with Gasteiger partial charge < -0.3 is 4.74 Å². The van der Waals surface area contributed by atoms with Crippen LogP contribution in [0.4, 0.5) is 0 Å². The molecule has 104 valence electrons. The number of hydrogen-bond acceptors (Lipinski definition) is 3. The minimum atomic E-state index is 0.367. The molecule has 1 saturated heterocycles. The number of nitrogens with two attached hydrogens (primary N) is 1. The SMILES string of the molecule is NNC(Cc1ccc2c(c1)CCC2)CC1CCOC1. The Morgan fingerprint density at radius 3 is 3.00 bits per heavy atom. The second kappa shape index (κ2) is 6.04. The van der Waals surface area contributed by atoms with Crippen molar-refractivity contribution in [2.24, 2.45) is 11.8 Å². The summed E-state index contributed by atoms with van der Waals surface area (Å²) in [7, 11) is 0. The van der Waals surface area contributed by atoms with Crippen LogP contribution < -0.4 is 11.3 Å². The van der Waals surface area contributed by atoms with E-state index in [1.54, 1.807) is 11.1 Å². The molecule has 1 aliphatic carbocycles. The van der Waals surface area contributed by atoms with E-state index in [0.717, 1.165) is 26.1 Å². The van der Waals surface area contributed by atoms with Crippen LogP contribution in [0.5, 0.6) is 0 Å². The maximum absolute atomic E-state index is 5.72. The van der Waals surface area contributed by atoms with Crippen LogP contribution in [0, 0.1) is 5.92 Å². The van der Waals surface area contributed by atoms with E-state index in [-0.39, 0.29) is 0 Å². The lowest BCUT2D eigenvalue weighted by molar-refractivity contribution is 0.181. The highest BCUT2D eigenvalue weighted by Crippen LogP contribution is 2.24. The van der Waals surface area contributed by atoms with Crippen molar-refractivity contribution in [3.63, 3.8) is 0 Å². The Labute approximate surface area is 115 Å². The Balaban J connectivity index is 1.61. The summed E-state index contributed by atoms with van der Waals surface area (Å²) in [4.78, 5) is 0. The Hall–Kier alpha value is -0.900. The van der Waals surface area contributed by atoms with Gasteiger partial charge in [-0.15, -0.1) is 0 Å². The zero-order chi connectivity index (χ0) is 13.1. The van der Waals surface area contributed by atoms with E-state index in [1.165, 1.54) is 31.2 Å². The molecule has 0 amide bonds. The third-order valence-electron chi connectivity index (χ3n) is 4.52. The lowest BCUT2D eigenvalue weighted by Gasteiger charge is -2.19. The zero-order valence-electron chi connectivity index (χ0n) is 11.5. The van der Waals surface area contributed by atoms with Gasteiger partial charge in [0.1, 0.15) is 0 Å². The van der Waals surface area contributed by atoms with E-state index in [1.807, 2.05) is 0 Å². The molecule has 0 radical (unpaired) electrons. The first-order valence-electron chi connectivity index (χ1n) is 7.49. The van der Waals surface area contributed by atoms with Gasteiger partial charge >= 0.3 is 0 Å². The van der Waals surface area contributed by atoms with Crippen LogP contribution in [0.25, 0.3) is 0 Å². The average Bonchev–Trinajstić information content (AvgIpc) is 3.08. The van der Waals surface area contributed by atoms with Crippen molar-refractivity contribution < 1.29 is 4.74 Å². The van der Waals surface area contributed by atoms with Crippen molar-refractivity contribution >= 4 is 0 Å². The number of benzene rings is 1. The van der Waals surface area contributed by atoms with Gasteiger partial charge in [0.05, 0.1) is 0 Å². The maximum atomic E-state index is 5.72. The average molecular weight is 260 g/mol. The molecule has 3 rings (SSSR count). The van der Waals surface area contributed by atoms with Gasteiger partial charge in [0.15, 0.2) is 0 Å². The van der Waals surface area contributed by atoms with E-state index in [2.05, 4.69) is 23.6 Å². The Morgan fingerprint density at radius 1 is 1.32 bits per heavy atom. The molecule has 1 heterocycles. The van der Waals surface area contributed by atoms with Gasteiger partial charge in [0.25, 0.3) is 0 Å². The minimum Gasteiger partial charge on any atom is -0.381 e. The van der Waals surface area contributed by atoms with Crippen molar-refractivity contribution in [2.45, 2.75) is 44.6 Å². The number of nitrogens with one attached hydrogen (secondary N) is 1. The number of fused-ring (bicyclic) bond motifs is 1. The second-order valence-electron chi connectivity index (χ2n) is 5.99. The van der Waals surface area contributed by atoms with Gasteiger partial charge in [-0.2, -0.15) is 0 Å². The fourth-order valence-electron chi connectivity index (χ4n) is 3.42. The lowest BCUT2D eigenvalue weighted by atomic mass is 9.94. The summed E-state index contributed by atoms with van der Waals surface area (Å²) in [5.74, 6) is 6.40. The molecule has 19 heavy (non-hydrogen) atoms. The molecule has 0 saturated carbocycles. The third kappa shape index (κ3) is 3.16. The summed E-state index contributed by atoms with van der Waals surface area (Å²) in [5.41, 5.74) is 7.51. The standard InChI is InChI=1S/C16H24N2O/c17-18-16(10-13-6-7-19-11-13)9-12-4-5-14-2-1-3-15(14)8-12/h4-5,8,13,16,18H,1-3,6-7,9-11,17H2. The van der Waals surface area contributed by atoms with Gasteiger partial charge in [0.2, 0.25) is 0 Å². The van der Waals surface area contributed by atoms with Gasteiger partial charge in [-0.1, -0.05) is 18.2 Å². The summed E-state index contributed by atoms with van der Waals surface area (Å²) >= 11 is 0. The normalized spacial score (nSPS) is 23.5. The van der Waals surface area contributed by atoms with E-state index >= 15 is 0 Å². The van der Waals surface area contributed by atoms with Gasteiger partial charge in [-0.25, -0.2) is 0 Å². The number of hydrazine groups is 1. The van der Waals surface area contributed by atoms with Crippen LogP contribution in [0.15, 0.2) is 18.2 Å². The molecule has 1 aliphatic heterocycles. The fourth-order valence-corrected chi connectivity index (χ4v) is 3.42. The van der Waals surface area contributed by atoms with Gasteiger partial charge in [-0.3, -0.25) is 11.3 Å². The number of aryl methyl sites for hydroxylation is 2. The molecule has 3 nitrogen and oxygen atoms in total. The first-order chi connectivity index (χ1) is 9.35. The molecule has 1 aromatic carbocycles. The number of ether oxygens (including phenoxy) is 1. The van der Waals surface area contributed by atoms with Crippen LogP contribution >= 0.6 is 0 Å². The Kier molecular flexibility index (Phi) is 4.16. The van der Waals surface area contributed by atoms with Crippen LogP contribution in [0.3, 0.4) is 0 Å². The third-order valence-corrected chi connectivity index (χ3v) is 4.52. The smallest absolute Gasteiger partial charge is 0.0495 e. The van der Waals surface area contributed by atoms with Crippen LogP contribution in [0.2, 0.25) is 0 Å². The van der Waals surface area contributed by atoms with Crippen LogP contribution in [-0.4, -0.2) is 19.3 Å². The van der Waals surface area contributed by atoms with E-state index in [9.17, 15) is 0 Å². The quantitative estimate of drug-likeness (QED) is 0.628. The van der Waals surface area contributed by atoms with Crippen molar-refractivity contribution in [2.75, 3.05) is 13.2 Å². The maximum Gasteiger partial charge on any atom is 0.0495 e. The highest BCUT2D eigenvalue weighted by atomic mass is 16.5. The summed E-state index contributed by atoms with van der Waals surface area (Å²) < 4.78 is 5.44. The molecule has 3 N–H and O–H groups in total. The monoisotopic (exact) mass is 260 g/mol. The molecule has 2 unspecified atom stereocenters. The second-order valence-corrected chi connectivity index (χ2v) is 5.99. The molecule has 0 spiro atoms. The fraction of sp³-hybridized carbons (Fsp3) is 0.625. The zero-order valence-corrected chi connectivity index (χ0v) is 11.5. The highest BCUT2D eigenvalue weighted by molar-refractivity contribution is 5.35. The molecule has 3 heteroatoms. The lowest BCUT2D eigenvalue weighted by Crippen LogP contribution is -2.38. The summed E-state index contributed by atoms with van der Waals surface area (Å²) in [5, 5.41) is 0. The minimum absolute atomic E-state index is 0.367. The summed E-state index contributed by atoms with van der Waals surface area (Å²) in [6.07, 6.45) is 7.15. The van der Waals surface area contributed by atoms with Gasteiger partial charge in [0, 0.05) is 19.3 Å². The predicted molar refractivity (Wildman–Crippen MR) is 76.8 cm³/mol. The molecule has 2 atom stereocenters. The first-order valence-corrected chi connectivity index (χ1v) is 7.49. The van der Waals surface area contributed by atoms with Crippen molar-refractivity contribution in [3.05, 3.63) is 34.9 Å². The van der Waals surface area contributed by atoms with Crippen LogP contribution in [0.1, 0.15) is 36.0 Å². The molecular formula is C16H24N2O. The van der Waals surface area contributed by atoms with E-state index in [0.29, 0.717) is 12.0 Å². The van der Waals surface area contributed by atoms with Crippen molar-refractivity contribution in [3.8, 4) is 0 Å². The molecule has 2 aliphatic rings. The van der Waals surface area contributed by atoms with Crippen molar-refractivity contribution in [1.29, 1.82) is 0 Å². The van der Waals surface area contributed by atoms with Gasteiger partial charge in [-0.05, 0) is 61.1 Å². The van der Waals surface area contributed by atoms with Crippen molar-refractivity contribution in [1.82, 2.24) is 5.43 Å². The van der Waals surface area contributed by atoms with Crippen LogP contribution in [-0.2, 0) is 24.0 Å². The Bertz CT molecular complexity index is 427. The summed E-state index contributed by atoms with van der Waals surface area (Å²) in [6.45, 7) is 1.82. The molecule has 0 aromatic heterocycles.